The molecule has 1 aliphatic heterocycles. The van der Waals surface area contributed by atoms with E-state index in [-0.39, 0.29) is 12.1 Å². The lowest BCUT2D eigenvalue weighted by atomic mass is 10.1. The Balaban J connectivity index is 2.46. The fraction of sp³-hybridized carbons (Fsp3) is 0.750. The number of nitrogens with two attached hydrogens (primary N) is 1. The lowest BCUT2D eigenvalue weighted by Crippen LogP contribution is -2.48. The van der Waals surface area contributed by atoms with Crippen molar-refractivity contribution < 1.29 is 4.74 Å². The van der Waals surface area contributed by atoms with Crippen LogP contribution in [0.4, 0.5) is 0 Å². The van der Waals surface area contributed by atoms with Crippen LogP contribution in [0.5, 0.6) is 0 Å². The van der Waals surface area contributed by atoms with E-state index in [9.17, 15) is 0 Å². The number of nitrogens with one attached hydrogen (secondary N) is 1. The second kappa shape index (κ2) is 4.87. The van der Waals surface area contributed by atoms with Crippen LogP contribution in [0.15, 0.2) is 12.2 Å². The Bertz CT molecular complexity index is 157. The lowest BCUT2D eigenvalue weighted by Gasteiger charge is -2.29. The molecular weight excluding hydrogens is 172 g/mol. The van der Waals surface area contributed by atoms with Crippen LogP contribution in [0.2, 0.25) is 0 Å². The summed E-state index contributed by atoms with van der Waals surface area (Å²) >= 11 is 1.90. The van der Waals surface area contributed by atoms with Gasteiger partial charge in [0.2, 0.25) is 0 Å². The second-order valence-electron chi connectivity index (χ2n) is 2.97. The zero-order valence-corrected chi connectivity index (χ0v) is 8.19. The third kappa shape index (κ3) is 2.48. The molecule has 0 aliphatic carbocycles. The van der Waals surface area contributed by atoms with Crippen molar-refractivity contribution in [3.05, 3.63) is 12.2 Å². The Hall–Kier alpha value is -0.0300. The van der Waals surface area contributed by atoms with E-state index in [1.165, 1.54) is 0 Å². The lowest BCUT2D eigenvalue weighted by molar-refractivity contribution is 0.0562. The van der Waals surface area contributed by atoms with E-state index in [1.807, 2.05) is 18.7 Å². The van der Waals surface area contributed by atoms with Gasteiger partial charge in [0.15, 0.2) is 0 Å². The molecule has 3 nitrogen and oxygen atoms in total. The minimum atomic E-state index is 0.0952. The van der Waals surface area contributed by atoms with Gasteiger partial charge in [-0.3, -0.25) is 11.3 Å². The molecule has 0 radical (unpaired) electrons. The van der Waals surface area contributed by atoms with Crippen molar-refractivity contribution in [2.24, 2.45) is 5.84 Å². The maximum atomic E-state index is 5.57. The van der Waals surface area contributed by atoms with Crippen molar-refractivity contribution in [3.8, 4) is 0 Å². The Kier molecular flexibility index (Phi) is 4.08. The molecule has 0 aromatic carbocycles. The Morgan fingerprint density at radius 2 is 2.58 bits per heavy atom. The van der Waals surface area contributed by atoms with Crippen molar-refractivity contribution >= 4 is 11.8 Å². The third-order valence-corrected chi connectivity index (χ3v) is 2.94. The average molecular weight is 188 g/mol. The number of hydrogen-bond acceptors (Lipinski definition) is 4. The van der Waals surface area contributed by atoms with Gasteiger partial charge in [-0.25, -0.2) is 0 Å². The zero-order chi connectivity index (χ0) is 8.97. The molecule has 2 atom stereocenters. The number of hydrazine groups is 1. The summed E-state index contributed by atoms with van der Waals surface area (Å²) in [6.45, 7) is 6.66. The number of rotatable bonds is 3. The van der Waals surface area contributed by atoms with E-state index in [1.54, 1.807) is 0 Å². The van der Waals surface area contributed by atoms with Gasteiger partial charge in [-0.1, -0.05) is 12.2 Å². The first-order valence-corrected chi connectivity index (χ1v) is 5.22. The molecule has 70 valence electrons. The van der Waals surface area contributed by atoms with E-state index in [2.05, 4.69) is 12.0 Å². The van der Waals surface area contributed by atoms with Crippen LogP contribution in [0, 0.1) is 0 Å². The Morgan fingerprint density at radius 3 is 3.00 bits per heavy atom. The molecule has 0 amide bonds. The smallest absolute Gasteiger partial charge is 0.0869 e. The van der Waals surface area contributed by atoms with Crippen LogP contribution in [0.3, 0.4) is 0 Å². The summed E-state index contributed by atoms with van der Waals surface area (Å²) in [6.07, 6.45) is 0.186. The molecule has 0 saturated carbocycles. The number of ether oxygens (including phenoxy) is 1. The van der Waals surface area contributed by atoms with Crippen molar-refractivity contribution in [1.82, 2.24) is 5.43 Å². The molecule has 4 heteroatoms. The molecule has 3 N–H and O–H groups in total. The zero-order valence-electron chi connectivity index (χ0n) is 7.38. The van der Waals surface area contributed by atoms with Gasteiger partial charge >= 0.3 is 0 Å². The highest BCUT2D eigenvalue weighted by atomic mass is 32.2. The molecule has 1 fully saturated rings. The molecule has 0 bridgehead atoms. The maximum absolute atomic E-state index is 5.57. The first-order valence-electron chi connectivity index (χ1n) is 4.06. The van der Waals surface area contributed by atoms with E-state index < -0.39 is 0 Å². The number of thioether (sulfide) groups is 1. The quantitative estimate of drug-likeness (QED) is 0.385. The molecule has 2 unspecified atom stereocenters. The van der Waals surface area contributed by atoms with Gasteiger partial charge in [0.25, 0.3) is 0 Å². The fourth-order valence-electron chi connectivity index (χ4n) is 1.27. The largest absolute Gasteiger partial charge is 0.374 e. The molecule has 1 rings (SSSR count). The van der Waals surface area contributed by atoms with Crippen LogP contribution in [-0.4, -0.2) is 30.3 Å². The van der Waals surface area contributed by atoms with Gasteiger partial charge in [0.05, 0.1) is 18.8 Å². The summed E-state index contributed by atoms with van der Waals surface area (Å²) in [5.74, 6) is 7.49. The molecular formula is C8H16N2OS. The summed E-state index contributed by atoms with van der Waals surface area (Å²) in [5, 5.41) is 0. The normalized spacial score (nSPS) is 26.7. The highest BCUT2D eigenvalue weighted by Crippen LogP contribution is 2.17. The van der Waals surface area contributed by atoms with Gasteiger partial charge in [-0.2, -0.15) is 11.8 Å². The van der Waals surface area contributed by atoms with Crippen molar-refractivity contribution in [2.45, 2.75) is 19.1 Å². The van der Waals surface area contributed by atoms with Crippen LogP contribution < -0.4 is 11.3 Å². The molecule has 1 aliphatic rings. The second-order valence-corrected chi connectivity index (χ2v) is 4.12. The predicted molar refractivity (Wildman–Crippen MR) is 53.0 cm³/mol. The summed E-state index contributed by atoms with van der Waals surface area (Å²) in [6, 6.07) is 0.0952. The van der Waals surface area contributed by atoms with Gasteiger partial charge in [-0.15, -0.1) is 0 Å². The SMILES string of the molecule is C=C(C)C(NN)C1CSCCO1. The van der Waals surface area contributed by atoms with Gasteiger partial charge in [-0.05, 0) is 6.92 Å². The number of hydrogen-bond donors (Lipinski definition) is 2. The summed E-state index contributed by atoms with van der Waals surface area (Å²) in [7, 11) is 0. The van der Waals surface area contributed by atoms with E-state index >= 15 is 0 Å². The predicted octanol–water partition coefficient (Wildman–Crippen LogP) is 0.526. The van der Waals surface area contributed by atoms with E-state index in [0.717, 1.165) is 23.7 Å². The van der Waals surface area contributed by atoms with Crippen LogP contribution >= 0.6 is 11.8 Å². The fourth-order valence-corrected chi connectivity index (χ4v) is 2.17. The Morgan fingerprint density at radius 1 is 1.83 bits per heavy atom. The van der Waals surface area contributed by atoms with Crippen LogP contribution in [-0.2, 0) is 4.74 Å². The molecule has 0 spiro atoms. The van der Waals surface area contributed by atoms with Crippen LogP contribution in [0.1, 0.15) is 6.92 Å². The molecule has 0 aromatic rings. The van der Waals surface area contributed by atoms with Gasteiger partial charge in [0, 0.05) is 11.5 Å². The van der Waals surface area contributed by atoms with Crippen LogP contribution in [0.25, 0.3) is 0 Å². The third-order valence-electron chi connectivity index (χ3n) is 1.92. The van der Waals surface area contributed by atoms with Gasteiger partial charge in [0.1, 0.15) is 0 Å². The topological polar surface area (TPSA) is 47.3 Å². The van der Waals surface area contributed by atoms with Crippen molar-refractivity contribution in [1.29, 1.82) is 0 Å². The van der Waals surface area contributed by atoms with E-state index in [0.29, 0.717) is 0 Å². The summed E-state index contributed by atoms with van der Waals surface area (Å²) in [4.78, 5) is 0. The molecule has 0 aromatic heterocycles. The maximum Gasteiger partial charge on any atom is 0.0869 e. The first kappa shape index (κ1) is 10.1. The molecule has 12 heavy (non-hydrogen) atoms. The molecule has 1 saturated heterocycles. The van der Waals surface area contributed by atoms with Crippen molar-refractivity contribution in [3.63, 3.8) is 0 Å². The monoisotopic (exact) mass is 188 g/mol. The minimum absolute atomic E-state index is 0.0952. The standard InChI is InChI=1S/C8H16N2OS/c1-6(2)8(10-9)7-5-12-4-3-11-7/h7-8,10H,1,3-5,9H2,2H3. The average Bonchev–Trinajstić information content (AvgIpc) is 2.07. The minimum Gasteiger partial charge on any atom is -0.374 e. The highest BCUT2D eigenvalue weighted by molar-refractivity contribution is 7.99. The van der Waals surface area contributed by atoms with Gasteiger partial charge < -0.3 is 4.74 Å². The first-order chi connectivity index (χ1) is 5.75. The summed E-state index contributed by atoms with van der Waals surface area (Å²) < 4.78 is 5.57. The highest BCUT2D eigenvalue weighted by Gasteiger charge is 2.23. The Labute approximate surface area is 77.7 Å². The molecule has 1 heterocycles. The van der Waals surface area contributed by atoms with E-state index in [4.69, 9.17) is 10.6 Å². The van der Waals surface area contributed by atoms with Crippen molar-refractivity contribution in [2.75, 3.05) is 18.1 Å². The summed E-state index contributed by atoms with van der Waals surface area (Å²) in [5.41, 5.74) is 3.77.